The normalized spacial score (nSPS) is 19.8. The van der Waals surface area contributed by atoms with Crippen molar-refractivity contribution in [1.82, 2.24) is 10.2 Å². The average Bonchev–Trinajstić information content (AvgIpc) is 2.71. The Kier molecular flexibility index (Phi) is 5.30. The van der Waals surface area contributed by atoms with Crippen molar-refractivity contribution in [3.05, 3.63) is 63.1 Å². The van der Waals surface area contributed by atoms with Crippen LogP contribution >= 0.6 is 27.5 Å². The van der Waals surface area contributed by atoms with Crippen LogP contribution in [-0.4, -0.2) is 36.1 Å². The zero-order chi connectivity index (χ0) is 18.0. The predicted molar refractivity (Wildman–Crippen MR) is 100 cm³/mol. The lowest BCUT2D eigenvalue weighted by molar-refractivity contribution is -0.121. The highest BCUT2D eigenvalue weighted by molar-refractivity contribution is 9.11. The molecule has 0 radical (unpaired) electrons. The number of amides is 2. The Morgan fingerprint density at radius 3 is 2.92 bits per heavy atom. The molecular formula is C18H16BrClN2O3. The van der Waals surface area contributed by atoms with E-state index in [1.165, 1.54) is 4.90 Å². The van der Waals surface area contributed by atoms with Crippen LogP contribution in [0.5, 0.6) is 0 Å². The number of nitrogens with zero attached hydrogens (tertiary/aromatic N) is 1. The van der Waals surface area contributed by atoms with Crippen LogP contribution in [0, 0.1) is 0 Å². The van der Waals surface area contributed by atoms with Gasteiger partial charge < -0.3 is 10.1 Å². The number of hydrogen-bond acceptors (Lipinski definition) is 3. The number of halogens is 2. The largest absolute Gasteiger partial charge is 0.449 e. The number of fused-ring (bicyclic) bond motifs is 1. The fourth-order valence-corrected chi connectivity index (χ4v) is 3.45. The van der Waals surface area contributed by atoms with Gasteiger partial charge in [0.25, 0.3) is 0 Å². The van der Waals surface area contributed by atoms with Gasteiger partial charge in [-0.05, 0) is 25.1 Å². The lowest BCUT2D eigenvalue weighted by Gasteiger charge is -2.26. The topological polar surface area (TPSA) is 58.6 Å². The fourth-order valence-electron chi connectivity index (χ4n) is 2.83. The summed E-state index contributed by atoms with van der Waals surface area (Å²) < 4.78 is 6.00. The number of ether oxygens (including phenoxy) is 1. The molecule has 1 unspecified atom stereocenters. The number of hydrogen-bond donors (Lipinski definition) is 1. The van der Waals surface area contributed by atoms with E-state index in [1.54, 1.807) is 13.0 Å². The zero-order valence-corrected chi connectivity index (χ0v) is 15.8. The molecule has 5 nitrogen and oxygen atoms in total. The summed E-state index contributed by atoms with van der Waals surface area (Å²) in [5.41, 5.74) is 2.00. The van der Waals surface area contributed by atoms with Gasteiger partial charge in [-0.25, -0.2) is 4.79 Å². The number of carbonyl (C=O) groups excluding carboxylic acids is 2. The van der Waals surface area contributed by atoms with Crippen LogP contribution in [0.3, 0.4) is 0 Å². The fraction of sp³-hybridized carbons (Fsp3) is 0.222. The molecule has 0 aromatic heterocycles. The Bertz CT molecular complexity index is 816. The highest BCUT2D eigenvalue weighted by Crippen LogP contribution is 2.35. The van der Waals surface area contributed by atoms with Gasteiger partial charge in [0.2, 0.25) is 5.91 Å². The molecule has 0 fully saturated rings. The number of nitrogens with one attached hydrogen (secondary N) is 1. The summed E-state index contributed by atoms with van der Waals surface area (Å²) in [7, 11) is 0. The van der Waals surface area contributed by atoms with Crippen molar-refractivity contribution in [2.45, 2.75) is 13.0 Å². The third kappa shape index (κ3) is 3.65. The van der Waals surface area contributed by atoms with E-state index in [1.807, 2.05) is 36.4 Å². The van der Waals surface area contributed by atoms with Gasteiger partial charge in [0.1, 0.15) is 6.54 Å². The first kappa shape index (κ1) is 17.8. The molecule has 3 rings (SSSR count). The van der Waals surface area contributed by atoms with E-state index in [9.17, 15) is 9.59 Å². The van der Waals surface area contributed by atoms with Crippen molar-refractivity contribution < 1.29 is 14.3 Å². The Morgan fingerprint density at radius 1 is 1.44 bits per heavy atom. The van der Waals surface area contributed by atoms with Crippen LogP contribution in [0.25, 0.3) is 5.70 Å². The molecule has 1 aliphatic heterocycles. The number of rotatable bonds is 2. The van der Waals surface area contributed by atoms with E-state index in [0.717, 1.165) is 10.1 Å². The van der Waals surface area contributed by atoms with E-state index in [4.69, 9.17) is 16.3 Å². The van der Waals surface area contributed by atoms with E-state index >= 15 is 0 Å². The number of benzene rings is 1. The summed E-state index contributed by atoms with van der Waals surface area (Å²) >= 11 is 9.85. The van der Waals surface area contributed by atoms with E-state index in [2.05, 4.69) is 21.2 Å². The molecule has 130 valence electrons. The van der Waals surface area contributed by atoms with Crippen molar-refractivity contribution in [1.29, 1.82) is 0 Å². The van der Waals surface area contributed by atoms with Crippen molar-refractivity contribution in [3.63, 3.8) is 0 Å². The minimum Gasteiger partial charge on any atom is -0.449 e. The second-order valence-electron chi connectivity index (χ2n) is 5.50. The Labute approximate surface area is 159 Å². The van der Waals surface area contributed by atoms with E-state index in [0.29, 0.717) is 16.3 Å². The lowest BCUT2D eigenvalue weighted by atomic mass is 9.96. The molecule has 1 atom stereocenters. The molecule has 0 bridgehead atoms. The van der Waals surface area contributed by atoms with Gasteiger partial charge in [0, 0.05) is 20.6 Å². The average molecular weight is 424 g/mol. The Morgan fingerprint density at radius 2 is 2.20 bits per heavy atom. The molecule has 1 aliphatic carbocycles. The van der Waals surface area contributed by atoms with Gasteiger partial charge in [-0.1, -0.05) is 51.8 Å². The summed E-state index contributed by atoms with van der Waals surface area (Å²) in [6.07, 6.45) is 5.02. The van der Waals surface area contributed by atoms with Crippen LogP contribution in [-0.2, 0) is 9.53 Å². The molecule has 0 saturated heterocycles. The molecule has 2 amide bonds. The van der Waals surface area contributed by atoms with Crippen molar-refractivity contribution in [3.8, 4) is 0 Å². The standard InChI is InChI=1S/C18H16BrClN2O3/c1-2-25-18(24)22-10-16(23)21-15-8-7-11(19)9-13(15)17(22)12-5-3-4-6-14(12)20/h3-9,15H,2,10H2,1H3,(H,21,23). The van der Waals surface area contributed by atoms with Gasteiger partial charge in [0.05, 0.1) is 18.3 Å². The smallest absolute Gasteiger partial charge is 0.414 e. The van der Waals surface area contributed by atoms with Crippen LogP contribution in [0.2, 0.25) is 5.02 Å². The molecule has 0 saturated carbocycles. The highest BCUT2D eigenvalue weighted by atomic mass is 79.9. The van der Waals surface area contributed by atoms with E-state index in [-0.39, 0.29) is 25.1 Å². The molecule has 1 heterocycles. The summed E-state index contributed by atoms with van der Waals surface area (Å²) in [6.45, 7) is 1.80. The monoisotopic (exact) mass is 422 g/mol. The predicted octanol–water partition coefficient (Wildman–Crippen LogP) is 3.86. The van der Waals surface area contributed by atoms with Gasteiger partial charge >= 0.3 is 6.09 Å². The highest BCUT2D eigenvalue weighted by Gasteiger charge is 2.33. The molecule has 25 heavy (non-hydrogen) atoms. The van der Waals surface area contributed by atoms with Gasteiger partial charge in [-0.15, -0.1) is 0 Å². The lowest BCUT2D eigenvalue weighted by Crippen LogP contribution is -2.39. The summed E-state index contributed by atoms with van der Waals surface area (Å²) in [6, 6.07) is 6.88. The second kappa shape index (κ2) is 7.45. The quantitative estimate of drug-likeness (QED) is 0.786. The molecule has 0 spiro atoms. The maximum Gasteiger partial charge on any atom is 0.414 e. The Balaban J connectivity index is 2.24. The third-order valence-corrected chi connectivity index (χ3v) is 4.68. The van der Waals surface area contributed by atoms with Crippen molar-refractivity contribution in [2.24, 2.45) is 0 Å². The van der Waals surface area contributed by atoms with Crippen LogP contribution in [0.15, 0.2) is 52.5 Å². The Hall–Kier alpha value is -2.05. The third-order valence-electron chi connectivity index (χ3n) is 3.86. The first-order chi connectivity index (χ1) is 12.0. The summed E-state index contributed by atoms with van der Waals surface area (Å²) in [5, 5.41) is 3.40. The minimum atomic E-state index is -0.584. The van der Waals surface area contributed by atoms with Gasteiger partial charge in [-0.2, -0.15) is 0 Å². The molecule has 2 aliphatic rings. The number of allylic oxidation sites excluding steroid dienone is 2. The molecule has 1 aromatic rings. The maximum absolute atomic E-state index is 12.5. The van der Waals surface area contributed by atoms with Crippen LogP contribution in [0.1, 0.15) is 12.5 Å². The SMILES string of the molecule is CCOC(=O)N1CC(=O)NC2C=CC(Br)=CC2=C1c1ccccc1Cl. The molecule has 7 heteroatoms. The molecule has 1 aromatic carbocycles. The first-order valence-corrected chi connectivity index (χ1v) is 8.96. The first-order valence-electron chi connectivity index (χ1n) is 7.79. The summed E-state index contributed by atoms with van der Waals surface area (Å²) in [5.74, 6) is -0.270. The summed E-state index contributed by atoms with van der Waals surface area (Å²) in [4.78, 5) is 26.2. The number of carbonyl (C=O) groups is 2. The van der Waals surface area contributed by atoms with Gasteiger partial charge in [-0.3, -0.25) is 9.69 Å². The molecular weight excluding hydrogens is 408 g/mol. The van der Waals surface area contributed by atoms with E-state index < -0.39 is 6.09 Å². The second-order valence-corrected chi connectivity index (χ2v) is 6.83. The van der Waals surface area contributed by atoms with Crippen LogP contribution in [0.4, 0.5) is 4.79 Å². The molecule has 1 N–H and O–H groups in total. The minimum absolute atomic E-state index is 0.140. The van der Waals surface area contributed by atoms with Crippen molar-refractivity contribution in [2.75, 3.05) is 13.2 Å². The zero-order valence-electron chi connectivity index (χ0n) is 13.5. The van der Waals surface area contributed by atoms with Crippen LogP contribution < -0.4 is 5.32 Å². The van der Waals surface area contributed by atoms with Crippen molar-refractivity contribution >= 4 is 45.2 Å². The maximum atomic E-state index is 12.5. The van der Waals surface area contributed by atoms with Gasteiger partial charge in [0.15, 0.2) is 0 Å².